The SMILES string of the molecule is CCCCOc1ccc2c(c1)CCN=C2/C=C/c1ccc(C)cc1C. The molecule has 2 aromatic carbocycles. The van der Waals surface area contributed by atoms with Crippen molar-refractivity contribution >= 4 is 11.8 Å². The van der Waals surface area contributed by atoms with E-state index in [0.717, 1.165) is 43.9 Å². The first kappa shape index (κ1) is 17.5. The van der Waals surface area contributed by atoms with Crippen LogP contribution >= 0.6 is 0 Å². The summed E-state index contributed by atoms with van der Waals surface area (Å²) in [7, 11) is 0. The van der Waals surface area contributed by atoms with E-state index in [4.69, 9.17) is 9.73 Å². The van der Waals surface area contributed by atoms with Gasteiger partial charge in [-0.2, -0.15) is 0 Å². The molecule has 3 rings (SSSR count). The molecule has 0 saturated carbocycles. The third-order valence-corrected chi connectivity index (χ3v) is 4.63. The van der Waals surface area contributed by atoms with Crippen LogP contribution < -0.4 is 4.74 Å². The van der Waals surface area contributed by atoms with E-state index in [1.165, 1.54) is 27.8 Å². The Bertz CT molecular complexity index is 802. The molecule has 0 radical (unpaired) electrons. The lowest BCUT2D eigenvalue weighted by Gasteiger charge is -2.16. The minimum atomic E-state index is 0.794. The number of hydrogen-bond acceptors (Lipinski definition) is 2. The Morgan fingerprint density at radius 3 is 2.76 bits per heavy atom. The highest BCUT2D eigenvalue weighted by Crippen LogP contribution is 2.23. The van der Waals surface area contributed by atoms with Crippen molar-refractivity contribution in [1.82, 2.24) is 0 Å². The van der Waals surface area contributed by atoms with Gasteiger partial charge < -0.3 is 4.74 Å². The van der Waals surface area contributed by atoms with Crippen molar-refractivity contribution in [2.45, 2.75) is 40.0 Å². The van der Waals surface area contributed by atoms with E-state index < -0.39 is 0 Å². The van der Waals surface area contributed by atoms with Gasteiger partial charge in [0.05, 0.1) is 12.3 Å². The van der Waals surface area contributed by atoms with E-state index in [-0.39, 0.29) is 0 Å². The number of aliphatic imine (C=N–C) groups is 1. The molecule has 0 amide bonds. The molecule has 0 bridgehead atoms. The second-order valence-electron chi connectivity index (χ2n) is 6.73. The van der Waals surface area contributed by atoms with Gasteiger partial charge in [0, 0.05) is 12.1 Å². The van der Waals surface area contributed by atoms with Crippen molar-refractivity contribution in [3.63, 3.8) is 0 Å². The maximum absolute atomic E-state index is 5.85. The summed E-state index contributed by atoms with van der Waals surface area (Å²) in [5, 5.41) is 0. The van der Waals surface area contributed by atoms with Crippen LogP contribution in [0.1, 0.15) is 47.6 Å². The van der Waals surface area contributed by atoms with Crippen LogP contribution in [0.4, 0.5) is 0 Å². The monoisotopic (exact) mass is 333 g/mol. The maximum atomic E-state index is 5.85. The van der Waals surface area contributed by atoms with Crippen molar-refractivity contribution in [3.05, 3.63) is 70.3 Å². The first-order valence-electron chi connectivity index (χ1n) is 9.23. The Balaban J connectivity index is 1.78. The fraction of sp³-hybridized carbons (Fsp3) is 0.348. The third kappa shape index (κ3) is 4.39. The molecule has 2 heteroatoms. The molecule has 0 aliphatic carbocycles. The van der Waals surface area contributed by atoms with Crippen molar-refractivity contribution in [2.75, 3.05) is 13.2 Å². The van der Waals surface area contributed by atoms with Crippen LogP contribution in [0.3, 0.4) is 0 Å². The molecule has 2 aromatic rings. The summed E-state index contributed by atoms with van der Waals surface area (Å²) < 4.78 is 5.85. The van der Waals surface area contributed by atoms with E-state index in [0.29, 0.717) is 0 Å². The van der Waals surface area contributed by atoms with Gasteiger partial charge in [0.25, 0.3) is 0 Å². The predicted molar refractivity (Wildman–Crippen MR) is 107 cm³/mol. The number of hydrogen-bond donors (Lipinski definition) is 0. The van der Waals surface area contributed by atoms with Crippen LogP contribution in [-0.4, -0.2) is 18.9 Å². The van der Waals surface area contributed by atoms with E-state index in [1.54, 1.807) is 0 Å². The van der Waals surface area contributed by atoms with Crippen molar-refractivity contribution in [3.8, 4) is 5.75 Å². The number of allylic oxidation sites excluding steroid dienone is 1. The smallest absolute Gasteiger partial charge is 0.119 e. The normalized spacial score (nSPS) is 13.6. The lowest BCUT2D eigenvalue weighted by atomic mass is 9.96. The molecular formula is C23H27NO. The number of benzene rings is 2. The van der Waals surface area contributed by atoms with Crippen LogP contribution in [0.5, 0.6) is 5.75 Å². The molecule has 0 fully saturated rings. The maximum Gasteiger partial charge on any atom is 0.119 e. The van der Waals surface area contributed by atoms with Crippen LogP contribution in [0.25, 0.3) is 6.08 Å². The van der Waals surface area contributed by atoms with Crippen molar-refractivity contribution in [1.29, 1.82) is 0 Å². The van der Waals surface area contributed by atoms with E-state index >= 15 is 0 Å². The molecule has 0 saturated heterocycles. The van der Waals surface area contributed by atoms with Gasteiger partial charge in [-0.1, -0.05) is 43.2 Å². The summed E-state index contributed by atoms with van der Waals surface area (Å²) >= 11 is 0. The Labute approximate surface area is 151 Å². The Morgan fingerprint density at radius 2 is 1.96 bits per heavy atom. The minimum absolute atomic E-state index is 0.794. The number of fused-ring (bicyclic) bond motifs is 1. The summed E-state index contributed by atoms with van der Waals surface area (Å²) in [5.74, 6) is 0.979. The van der Waals surface area contributed by atoms with Crippen LogP contribution in [0.15, 0.2) is 47.5 Å². The van der Waals surface area contributed by atoms with Crippen molar-refractivity contribution < 1.29 is 4.74 Å². The summed E-state index contributed by atoms with van der Waals surface area (Å²) in [4.78, 5) is 4.73. The van der Waals surface area contributed by atoms with Crippen LogP contribution in [0.2, 0.25) is 0 Å². The van der Waals surface area contributed by atoms with E-state index in [9.17, 15) is 0 Å². The predicted octanol–water partition coefficient (Wildman–Crippen LogP) is 5.54. The van der Waals surface area contributed by atoms with Crippen LogP contribution in [-0.2, 0) is 6.42 Å². The fourth-order valence-electron chi connectivity index (χ4n) is 3.16. The zero-order valence-electron chi connectivity index (χ0n) is 15.5. The van der Waals surface area contributed by atoms with Crippen molar-refractivity contribution in [2.24, 2.45) is 4.99 Å². The molecule has 0 unspecified atom stereocenters. The highest BCUT2D eigenvalue weighted by atomic mass is 16.5. The molecule has 2 nitrogen and oxygen atoms in total. The fourth-order valence-corrected chi connectivity index (χ4v) is 3.16. The minimum Gasteiger partial charge on any atom is -0.494 e. The average Bonchev–Trinajstić information content (AvgIpc) is 2.61. The summed E-state index contributed by atoms with van der Waals surface area (Å²) in [6, 6.07) is 13.0. The number of rotatable bonds is 6. The number of aryl methyl sites for hydroxylation is 2. The van der Waals surface area contributed by atoms with E-state index in [1.807, 2.05) is 0 Å². The molecule has 1 aliphatic rings. The lowest BCUT2D eigenvalue weighted by Crippen LogP contribution is -2.11. The zero-order valence-corrected chi connectivity index (χ0v) is 15.5. The Hall–Kier alpha value is -2.35. The quantitative estimate of drug-likeness (QED) is 0.636. The zero-order chi connectivity index (χ0) is 17.6. The van der Waals surface area contributed by atoms with Gasteiger partial charge in [-0.25, -0.2) is 0 Å². The first-order valence-corrected chi connectivity index (χ1v) is 9.23. The molecule has 25 heavy (non-hydrogen) atoms. The van der Waals surface area contributed by atoms with Gasteiger partial charge in [-0.05, 0) is 67.7 Å². The molecule has 0 aromatic heterocycles. The number of nitrogens with zero attached hydrogens (tertiary/aromatic N) is 1. The first-order chi connectivity index (χ1) is 12.2. The largest absolute Gasteiger partial charge is 0.494 e. The van der Waals surface area contributed by atoms with E-state index in [2.05, 4.69) is 69.3 Å². The molecule has 0 spiro atoms. The lowest BCUT2D eigenvalue weighted by molar-refractivity contribution is 0.309. The van der Waals surface area contributed by atoms with Gasteiger partial charge in [0.15, 0.2) is 0 Å². The number of unbranched alkanes of at least 4 members (excludes halogenated alkanes) is 1. The molecular weight excluding hydrogens is 306 g/mol. The Morgan fingerprint density at radius 1 is 1.08 bits per heavy atom. The second-order valence-corrected chi connectivity index (χ2v) is 6.73. The van der Waals surface area contributed by atoms with Crippen LogP contribution in [0, 0.1) is 13.8 Å². The topological polar surface area (TPSA) is 21.6 Å². The van der Waals surface area contributed by atoms with Gasteiger partial charge in [-0.15, -0.1) is 0 Å². The molecule has 1 aliphatic heterocycles. The second kappa shape index (κ2) is 8.15. The Kier molecular flexibility index (Phi) is 5.70. The molecule has 0 N–H and O–H groups in total. The molecule has 130 valence electrons. The summed E-state index contributed by atoms with van der Waals surface area (Å²) in [6.45, 7) is 8.10. The highest BCUT2D eigenvalue weighted by molar-refractivity contribution is 6.12. The van der Waals surface area contributed by atoms with Gasteiger partial charge in [0.2, 0.25) is 0 Å². The van der Waals surface area contributed by atoms with Gasteiger partial charge >= 0.3 is 0 Å². The highest BCUT2D eigenvalue weighted by Gasteiger charge is 2.13. The molecule has 1 heterocycles. The molecule has 0 atom stereocenters. The number of ether oxygens (including phenoxy) is 1. The standard InChI is InChI=1S/C23H27NO/c1-4-5-14-25-21-9-10-22-20(16-21)12-13-24-23(22)11-8-19-7-6-17(2)15-18(19)3/h6-11,15-16H,4-5,12-14H2,1-3H3/b11-8+. The third-order valence-electron chi connectivity index (χ3n) is 4.63. The average molecular weight is 333 g/mol. The van der Waals surface area contributed by atoms with Gasteiger partial charge in [0.1, 0.15) is 5.75 Å². The summed E-state index contributed by atoms with van der Waals surface area (Å²) in [5.41, 5.74) is 7.49. The van der Waals surface area contributed by atoms with Gasteiger partial charge in [-0.3, -0.25) is 4.99 Å². The summed E-state index contributed by atoms with van der Waals surface area (Å²) in [6.07, 6.45) is 7.57.